The molecule has 10 heavy (non-hydrogen) atoms. The predicted molar refractivity (Wildman–Crippen MR) is 49.6 cm³/mol. The van der Waals surface area contributed by atoms with Crippen molar-refractivity contribution in [2.45, 2.75) is 13.1 Å². The number of rotatable bonds is 1. The summed E-state index contributed by atoms with van der Waals surface area (Å²) < 4.78 is 0. The van der Waals surface area contributed by atoms with E-state index in [-0.39, 0.29) is 0 Å². The molecule has 0 aliphatic carbocycles. The third kappa shape index (κ3) is 1.71. The fourth-order valence-corrected chi connectivity index (χ4v) is 1.62. The molecule has 0 aromatic heterocycles. The Kier molecular flexibility index (Phi) is 2.71. The van der Waals surface area contributed by atoms with Gasteiger partial charge in [0.05, 0.1) is 0 Å². The summed E-state index contributed by atoms with van der Waals surface area (Å²) in [4.78, 5) is 0. The van der Waals surface area contributed by atoms with Crippen molar-refractivity contribution in [1.82, 2.24) is 0 Å². The van der Waals surface area contributed by atoms with Crippen LogP contribution >= 0.6 is 20.8 Å². The van der Waals surface area contributed by atoms with Gasteiger partial charge in [0.25, 0.3) is 0 Å². The Hall–Kier alpha value is -0.0600. The van der Waals surface area contributed by atoms with Crippen molar-refractivity contribution < 1.29 is 0 Å². The highest BCUT2D eigenvalue weighted by atomic mass is 35.5. The first-order valence-corrected chi connectivity index (χ1v) is 4.38. The van der Waals surface area contributed by atoms with E-state index in [1.165, 1.54) is 11.1 Å². The lowest BCUT2D eigenvalue weighted by atomic mass is 10.2. The largest absolute Gasteiger partial charge is 0.133 e. The summed E-state index contributed by atoms with van der Waals surface area (Å²) in [6.45, 7) is 2.04. The van der Waals surface area contributed by atoms with Gasteiger partial charge >= 0.3 is 0 Å². The van der Waals surface area contributed by atoms with Crippen molar-refractivity contribution in [1.29, 1.82) is 0 Å². The van der Waals surface area contributed by atoms with Crippen molar-refractivity contribution in [3.8, 4) is 0 Å². The average molecular weight is 173 g/mol. The minimum absolute atomic E-state index is 0.870. The standard InChI is InChI=1S/C8H10ClP/c1-6-2-3-7(5-10)8(9)4-6/h2-4H,5,10H2,1H3. The fourth-order valence-electron chi connectivity index (χ4n) is 0.818. The second-order valence-corrected chi connectivity index (χ2v) is 3.11. The van der Waals surface area contributed by atoms with Crippen LogP contribution in [0.4, 0.5) is 0 Å². The molecule has 0 fully saturated rings. The van der Waals surface area contributed by atoms with Gasteiger partial charge in [-0.3, -0.25) is 0 Å². The number of hydrogen-bond donors (Lipinski definition) is 0. The summed E-state index contributed by atoms with van der Waals surface area (Å²) in [6, 6.07) is 6.12. The van der Waals surface area contributed by atoms with Gasteiger partial charge in [-0.1, -0.05) is 23.7 Å². The first-order valence-electron chi connectivity index (χ1n) is 3.19. The second kappa shape index (κ2) is 3.37. The van der Waals surface area contributed by atoms with E-state index in [2.05, 4.69) is 21.4 Å². The lowest BCUT2D eigenvalue weighted by molar-refractivity contribution is 1.37. The highest BCUT2D eigenvalue weighted by Gasteiger charge is 1.95. The predicted octanol–water partition coefficient (Wildman–Crippen LogP) is 3.02. The smallest absolute Gasteiger partial charge is 0.0444 e. The van der Waals surface area contributed by atoms with Crippen LogP contribution in [0.5, 0.6) is 0 Å². The highest BCUT2D eigenvalue weighted by Crippen LogP contribution is 2.19. The van der Waals surface area contributed by atoms with Crippen molar-refractivity contribution in [3.05, 3.63) is 34.3 Å². The van der Waals surface area contributed by atoms with Crippen LogP contribution in [0.15, 0.2) is 18.2 Å². The average Bonchev–Trinajstić information content (AvgIpc) is 1.88. The number of benzene rings is 1. The van der Waals surface area contributed by atoms with Gasteiger partial charge in [0, 0.05) is 5.02 Å². The summed E-state index contributed by atoms with van der Waals surface area (Å²) >= 11 is 5.92. The lowest BCUT2D eigenvalue weighted by Gasteiger charge is -1.99. The first kappa shape index (κ1) is 8.04. The van der Waals surface area contributed by atoms with E-state index in [1.54, 1.807) is 0 Å². The maximum Gasteiger partial charge on any atom is 0.0444 e. The van der Waals surface area contributed by atoms with Gasteiger partial charge in [-0.05, 0) is 30.3 Å². The molecule has 1 atom stereocenters. The second-order valence-electron chi connectivity index (χ2n) is 2.30. The Balaban J connectivity index is 3.07. The quantitative estimate of drug-likeness (QED) is 0.572. The fraction of sp³-hybridized carbons (Fsp3) is 0.250. The molecule has 0 aliphatic rings. The molecule has 0 radical (unpaired) electrons. The van der Waals surface area contributed by atoms with E-state index in [4.69, 9.17) is 11.6 Å². The van der Waals surface area contributed by atoms with Crippen LogP contribution in [0.1, 0.15) is 11.1 Å². The molecule has 0 aliphatic heterocycles. The number of halogens is 1. The Morgan fingerprint density at radius 1 is 1.50 bits per heavy atom. The van der Waals surface area contributed by atoms with Gasteiger partial charge in [-0.25, -0.2) is 0 Å². The summed E-state index contributed by atoms with van der Waals surface area (Å²) in [5.74, 6) is 0. The molecule has 54 valence electrons. The Morgan fingerprint density at radius 3 is 2.70 bits per heavy atom. The van der Waals surface area contributed by atoms with E-state index >= 15 is 0 Å². The molecular weight excluding hydrogens is 163 g/mol. The van der Waals surface area contributed by atoms with Crippen LogP contribution in [-0.4, -0.2) is 0 Å². The molecule has 0 heterocycles. The minimum atomic E-state index is 0.870. The van der Waals surface area contributed by atoms with E-state index in [9.17, 15) is 0 Å². The maximum atomic E-state index is 5.92. The van der Waals surface area contributed by atoms with Crippen LogP contribution < -0.4 is 0 Å². The van der Waals surface area contributed by atoms with Crippen LogP contribution in [0.25, 0.3) is 0 Å². The molecule has 0 bridgehead atoms. The molecule has 1 unspecified atom stereocenters. The molecule has 0 spiro atoms. The third-order valence-electron chi connectivity index (χ3n) is 1.43. The third-order valence-corrected chi connectivity index (χ3v) is 2.22. The van der Waals surface area contributed by atoms with Gasteiger partial charge in [0.2, 0.25) is 0 Å². The van der Waals surface area contributed by atoms with Gasteiger partial charge in [-0.15, -0.1) is 9.24 Å². The van der Waals surface area contributed by atoms with Crippen LogP contribution in [0.3, 0.4) is 0 Å². The Labute approximate surface area is 68.8 Å². The van der Waals surface area contributed by atoms with Gasteiger partial charge in [0.1, 0.15) is 0 Å². The SMILES string of the molecule is Cc1ccc(CP)c(Cl)c1. The zero-order valence-electron chi connectivity index (χ0n) is 5.89. The first-order chi connectivity index (χ1) is 4.74. The molecule has 2 heteroatoms. The minimum Gasteiger partial charge on any atom is -0.133 e. The van der Waals surface area contributed by atoms with E-state index in [1.807, 2.05) is 13.0 Å². The molecule has 1 aromatic carbocycles. The molecule has 0 N–H and O–H groups in total. The Bertz CT molecular complexity index is 233. The highest BCUT2D eigenvalue weighted by molar-refractivity contribution is 7.15. The van der Waals surface area contributed by atoms with Crippen molar-refractivity contribution >= 4 is 20.8 Å². The molecular formula is C8H10ClP. The van der Waals surface area contributed by atoms with Gasteiger partial charge in [0.15, 0.2) is 0 Å². The monoisotopic (exact) mass is 172 g/mol. The topological polar surface area (TPSA) is 0 Å². The molecule has 1 aromatic rings. The summed E-state index contributed by atoms with van der Waals surface area (Å²) in [5, 5.41) is 0.870. The summed E-state index contributed by atoms with van der Waals surface area (Å²) in [6.07, 6.45) is 0.930. The van der Waals surface area contributed by atoms with Gasteiger partial charge in [-0.2, -0.15) is 0 Å². The van der Waals surface area contributed by atoms with Crippen LogP contribution in [0.2, 0.25) is 5.02 Å². The molecule has 0 nitrogen and oxygen atoms in total. The van der Waals surface area contributed by atoms with Crippen molar-refractivity contribution in [3.63, 3.8) is 0 Å². The van der Waals surface area contributed by atoms with Crippen molar-refractivity contribution in [2.24, 2.45) is 0 Å². The van der Waals surface area contributed by atoms with Crippen molar-refractivity contribution in [2.75, 3.05) is 0 Å². The van der Waals surface area contributed by atoms with Crippen LogP contribution in [-0.2, 0) is 6.16 Å². The van der Waals surface area contributed by atoms with E-state index in [0.717, 1.165) is 11.2 Å². The van der Waals surface area contributed by atoms with Crippen LogP contribution in [0, 0.1) is 6.92 Å². The number of hydrogen-bond acceptors (Lipinski definition) is 0. The molecule has 0 amide bonds. The molecule has 0 saturated carbocycles. The zero-order valence-corrected chi connectivity index (χ0v) is 7.81. The lowest BCUT2D eigenvalue weighted by Crippen LogP contribution is -1.79. The summed E-state index contributed by atoms with van der Waals surface area (Å²) in [7, 11) is 2.66. The summed E-state index contributed by atoms with van der Waals surface area (Å²) in [5.41, 5.74) is 2.41. The zero-order chi connectivity index (χ0) is 7.56. The number of aryl methyl sites for hydroxylation is 1. The molecule has 0 saturated heterocycles. The maximum absolute atomic E-state index is 5.92. The Morgan fingerprint density at radius 2 is 2.20 bits per heavy atom. The van der Waals surface area contributed by atoms with Gasteiger partial charge < -0.3 is 0 Å². The van der Waals surface area contributed by atoms with E-state index in [0.29, 0.717) is 0 Å². The normalized spacial score (nSPS) is 9.90. The molecule has 1 rings (SSSR count). The van der Waals surface area contributed by atoms with E-state index < -0.39 is 0 Å².